The van der Waals surface area contributed by atoms with Gasteiger partial charge in [0.2, 0.25) is 0 Å². The maximum absolute atomic E-state index is 5.23. The molecule has 0 amide bonds. The van der Waals surface area contributed by atoms with Gasteiger partial charge in [0, 0.05) is 37.8 Å². The molecule has 102 valence electrons. The highest BCUT2D eigenvalue weighted by Crippen LogP contribution is 2.12. The van der Waals surface area contributed by atoms with E-state index in [1.807, 2.05) is 19.2 Å². The number of pyridine rings is 1. The van der Waals surface area contributed by atoms with E-state index in [9.17, 15) is 0 Å². The van der Waals surface area contributed by atoms with Gasteiger partial charge >= 0.3 is 0 Å². The average Bonchev–Trinajstić information content (AvgIpc) is 2.77. The molecular formula is C15H21N3O. The first kappa shape index (κ1) is 13.7. The van der Waals surface area contributed by atoms with E-state index in [0.29, 0.717) is 6.04 Å². The predicted octanol–water partition coefficient (Wildman–Crippen LogP) is 2.75. The summed E-state index contributed by atoms with van der Waals surface area (Å²) in [4.78, 5) is 11.1. The van der Waals surface area contributed by atoms with Gasteiger partial charge in [-0.2, -0.15) is 0 Å². The van der Waals surface area contributed by atoms with Gasteiger partial charge < -0.3 is 4.42 Å². The van der Waals surface area contributed by atoms with Crippen molar-refractivity contribution in [1.29, 1.82) is 0 Å². The molecule has 0 radical (unpaired) electrons. The van der Waals surface area contributed by atoms with Crippen molar-refractivity contribution in [3.63, 3.8) is 0 Å². The quantitative estimate of drug-likeness (QED) is 0.828. The van der Waals surface area contributed by atoms with E-state index < -0.39 is 0 Å². The highest BCUT2D eigenvalue weighted by atomic mass is 16.3. The largest absolute Gasteiger partial charge is 0.449 e. The van der Waals surface area contributed by atoms with Gasteiger partial charge in [-0.15, -0.1) is 0 Å². The number of aryl methyl sites for hydroxylation is 2. The van der Waals surface area contributed by atoms with Crippen LogP contribution >= 0.6 is 0 Å². The van der Waals surface area contributed by atoms with Crippen molar-refractivity contribution in [1.82, 2.24) is 14.9 Å². The molecule has 4 heteroatoms. The predicted molar refractivity (Wildman–Crippen MR) is 74.8 cm³/mol. The van der Waals surface area contributed by atoms with E-state index in [1.54, 1.807) is 6.26 Å². The summed E-state index contributed by atoms with van der Waals surface area (Å²) >= 11 is 0. The number of aromatic nitrogens is 2. The van der Waals surface area contributed by atoms with Gasteiger partial charge in [-0.1, -0.05) is 6.07 Å². The van der Waals surface area contributed by atoms with Crippen LogP contribution < -0.4 is 0 Å². The number of oxazole rings is 1. The minimum atomic E-state index is 0.408. The zero-order chi connectivity index (χ0) is 13.8. The minimum absolute atomic E-state index is 0.408. The van der Waals surface area contributed by atoms with Crippen LogP contribution in [0.1, 0.15) is 29.8 Å². The van der Waals surface area contributed by atoms with Crippen molar-refractivity contribution < 1.29 is 4.42 Å². The topological polar surface area (TPSA) is 42.2 Å². The first-order valence-corrected chi connectivity index (χ1v) is 6.58. The molecule has 0 fully saturated rings. The van der Waals surface area contributed by atoms with Gasteiger partial charge in [0.1, 0.15) is 6.26 Å². The van der Waals surface area contributed by atoms with Gasteiger partial charge in [0.15, 0.2) is 5.89 Å². The zero-order valence-electron chi connectivity index (χ0n) is 12.1. The van der Waals surface area contributed by atoms with Crippen molar-refractivity contribution in [3.05, 3.63) is 47.4 Å². The standard InChI is InChI=1S/C15H21N3O/c1-11-6-5-7-16-15(11)8-12(2)18(4)9-14-10-19-13(3)17-14/h5-7,10,12H,8-9H2,1-4H3/t12-/m0/s1. The first-order chi connectivity index (χ1) is 9.06. The fourth-order valence-electron chi connectivity index (χ4n) is 2.06. The van der Waals surface area contributed by atoms with E-state index in [0.717, 1.165) is 30.2 Å². The third-order valence-electron chi connectivity index (χ3n) is 3.44. The molecule has 0 N–H and O–H groups in total. The zero-order valence-corrected chi connectivity index (χ0v) is 12.1. The number of nitrogens with zero attached hydrogens (tertiary/aromatic N) is 3. The summed E-state index contributed by atoms with van der Waals surface area (Å²) in [6, 6.07) is 4.49. The lowest BCUT2D eigenvalue weighted by Gasteiger charge is -2.23. The van der Waals surface area contributed by atoms with Gasteiger partial charge in [0.25, 0.3) is 0 Å². The molecule has 2 rings (SSSR count). The summed E-state index contributed by atoms with van der Waals surface area (Å²) in [5, 5.41) is 0. The SMILES string of the molecule is Cc1nc(CN(C)[C@@H](C)Cc2ncccc2C)co1. The van der Waals surface area contributed by atoms with Crippen LogP contribution in [-0.4, -0.2) is 28.0 Å². The smallest absolute Gasteiger partial charge is 0.191 e. The second-order valence-electron chi connectivity index (χ2n) is 5.09. The Balaban J connectivity index is 1.96. The number of hydrogen-bond donors (Lipinski definition) is 0. The molecule has 0 spiro atoms. The summed E-state index contributed by atoms with van der Waals surface area (Å²) in [7, 11) is 2.10. The van der Waals surface area contributed by atoms with Crippen molar-refractivity contribution >= 4 is 0 Å². The molecule has 1 atom stereocenters. The van der Waals surface area contributed by atoms with Crippen molar-refractivity contribution in [2.24, 2.45) is 0 Å². The van der Waals surface area contributed by atoms with Crippen LogP contribution in [0.5, 0.6) is 0 Å². The Kier molecular flexibility index (Phi) is 4.32. The summed E-state index contributed by atoms with van der Waals surface area (Å²) < 4.78 is 5.23. The van der Waals surface area contributed by atoms with Gasteiger partial charge in [-0.3, -0.25) is 9.88 Å². The Morgan fingerprint density at radius 1 is 1.37 bits per heavy atom. The molecule has 0 saturated carbocycles. The van der Waals surface area contributed by atoms with E-state index in [2.05, 4.69) is 41.8 Å². The molecule has 0 saturated heterocycles. The number of hydrogen-bond acceptors (Lipinski definition) is 4. The maximum Gasteiger partial charge on any atom is 0.191 e. The lowest BCUT2D eigenvalue weighted by Crippen LogP contribution is -2.31. The average molecular weight is 259 g/mol. The van der Waals surface area contributed by atoms with Crippen LogP contribution in [0.25, 0.3) is 0 Å². The molecule has 2 heterocycles. The Morgan fingerprint density at radius 2 is 2.16 bits per heavy atom. The summed E-state index contributed by atoms with van der Waals surface area (Å²) in [5.74, 6) is 0.719. The van der Waals surface area contributed by atoms with Crippen LogP contribution in [0.15, 0.2) is 29.0 Å². The Morgan fingerprint density at radius 3 is 2.79 bits per heavy atom. The van der Waals surface area contributed by atoms with E-state index in [4.69, 9.17) is 4.42 Å². The van der Waals surface area contributed by atoms with Gasteiger partial charge in [-0.25, -0.2) is 4.98 Å². The number of rotatable bonds is 5. The van der Waals surface area contributed by atoms with Gasteiger partial charge in [0.05, 0.1) is 5.69 Å². The summed E-state index contributed by atoms with van der Waals surface area (Å²) in [5.41, 5.74) is 3.39. The van der Waals surface area contributed by atoms with Crippen LogP contribution in [0.3, 0.4) is 0 Å². The Labute approximate surface area is 114 Å². The molecule has 0 aromatic carbocycles. The molecule has 4 nitrogen and oxygen atoms in total. The van der Waals surface area contributed by atoms with Crippen LogP contribution in [0.4, 0.5) is 0 Å². The molecule has 2 aromatic heterocycles. The molecule has 0 aliphatic carbocycles. The summed E-state index contributed by atoms with van der Waals surface area (Å²) in [6.45, 7) is 6.98. The third-order valence-corrected chi connectivity index (χ3v) is 3.44. The van der Waals surface area contributed by atoms with Crippen molar-refractivity contribution in [2.75, 3.05) is 7.05 Å². The highest BCUT2D eigenvalue weighted by molar-refractivity contribution is 5.18. The van der Waals surface area contributed by atoms with Gasteiger partial charge in [-0.05, 0) is 32.5 Å². The first-order valence-electron chi connectivity index (χ1n) is 6.58. The second kappa shape index (κ2) is 5.97. The Hall–Kier alpha value is -1.68. The highest BCUT2D eigenvalue weighted by Gasteiger charge is 2.13. The summed E-state index contributed by atoms with van der Waals surface area (Å²) in [6.07, 6.45) is 4.53. The fourth-order valence-corrected chi connectivity index (χ4v) is 2.06. The molecular weight excluding hydrogens is 238 g/mol. The van der Waals surface area contributed by atoms with Crippen LogP contribution in [0, 0.1) is 13.8 Å². The van der Waals surface area contributed by atoms with E-state index in [1.165, 1.54) is 5.56 Å². The van der Waals surface area contributed by atoms with E-state index >= 15 is 0 Å². The van der Waals surface area contributed by atoms with Crippen molar-refractivity contribution in [2.45, 2.75) is 39.8 Å². The normalized spacial score (nSPS) is 12.9. The van der Waals surface area contributed by atoms with Crippen LogP contribution in [0.2, 0.25) is 0 Å². The molecule has 2 aromatic rings. The molecule has 19 heavy (non-hydrogen) atoms. The van der Waals surface area contributed by atoms with E-state index in [-0.39, 0.29) is 0 Å². The minimum Gasteiger partial charge on any atom is -0.449 e. The molecule has 0 unspecified atom stereocenters. The fraction of sp³-hybridized carbons (Fsp3) is 0.467. The lowest BCUT2D eigenvalue weighted by atomic mass is 10.1. The number of likely N-dealkylation sites (N-methyl/N-ethyl adjacent to an activating group) is 1. The molecule has 0 bridgehead atoms. The molecule has 0 aliphatic rings. The second-order valence-corrected chi connectivity index (χ2v) is 5.09. The van der Waals surface area contributed by atoms with Crippen molar-refractivity contribution in [3.8, 4) is 0 Å². The monoisotopic (exact) mass is 259 g/mol. The maximum atomic E-state index is 5.23. The third kappa shape index (κ3) is 3.64. The Bertz CT molecular complexity index is 536. The van der Waals surface area contributed by atoms with Crippen LogP contribution in [-0.2, 0) is 13.0 Å². The lowest BCUT2D eigenvalue weighted by molar-refractivity contribution is 0.243. The molecule has 0 aliphatic heterocycles.